The van der Waals surface area contributed by atoms with E-state index in [1.54, 1.807) is 16.9 Å². The molecule has 0 N–H and O–H groups in total. The van der Waals surface area contributed by atoms with Crippen LogP contribution in [-0.2, 0) is 26.5 Å². The number of pyridine rings is 2. The predicted molar refractivity (Wildman–Crippen MR) is 141 cm³/mol. The van der Waals surface area contributed by atoms with E-state index in [4.69, 9.17) is 4.98 Å². The Kier molecular flexibility index (Phi) is 9.52. The van der Waals surface area contributed by atoms with Gasteiger partial charge in [-0.15, -0.1) is 71.8 Å². The summed E-state index contributed by atoms with van der Waals surface area (Å²) < 4.78 is 0. The second kappa shape index (κ2) is 12.4. The van der Waals surface area contributed by atoms with E-state index in [0.29, 0.717) is 5.92 Å². The fourth-order valence-electron chi connectivity index (χ4n) is 4.40. The molecule has 0 bridgehead atoms. The third kappa shape index (κ3) is 6.60. The van der Waals surface area contributed by atoms with Crippen LogP contribution in [0.25, 0.3) is 22.5 Å². The van der Waals surface area contributed by atoms with Crippen molar-refractivity contribution in [1.82, 2.24) is 9.97 Å². The van der Waals surface area contributed by atoms with E-state index in [2.05, 4.69) is 61.9 Å². The Morgan fingerprint density at radius 2 is 1.50 bits per heavy atom. The Labute approximate surface area is 219 Å². The van der Waals surface area contributed by atoms with Crippen molar-refractivity contribution in [1.29, 1.82) is 0 Å². The van der Waals surface area contributed by atoms with E-state index >= 15 is 0 Å². The van der Waals surface area contributed by atoms with Gasteiger partial charge in [0.15, 0.2) is 0 Å². The van der Waals surface area contributed by atoms with E-state index < -0.39 is 8.07 Å². The number of benzene rings is 2. The SMILES string of the molecule is CC(C)Cc1cc(-c2[c-]cccc2)ncc1[Si]1(C)CCC1.[Ir].[c-]1ccccc1-c1ccccn1. The van der Waals surface area contributed by atoms with Gasteiger partial charge in [-0.3, -0.25) is 0 Å². The van der Waals surface area contributed by atoms with Crippen LogP contribution < -0.4 is 5.19 Å². The number of aromatic nitrogens is 2. The summed E-state index contributed by atoms with van der Waals surface area (Å²) in [6.45, 7) is 7.15. The molecule has 34 heavy (non-hydrogen) atoms. The number of hydrogen-bond donors (Lipinski definition) is 0. The largest absolute Gasteiger partial charge is 0.305 e. The van der Waals surface area contributed by atoms with Crippen molar-refractivity contribution < 1.29 is 20.1 Å². The fraction of sp³-hybridized carbons (Fsp3) is 0.267. The zero-order valence-electron chi connectivity index (χ0n) is 20.2. The average Bonchev–Trinajstić information content (AvgIpc) is 2.84. The van der Waals surface area contributed by atoms with E-state index in [1.807, 2.05) is 54.6 Å². The summed E-state index contributed by atoms with van der Waals surface area (Å²) in [6, 6.07) is 33.5. The summed E-state index contributed by atoms with van der Waals surface area (Å²) in [7, 11) is -1.18. The van der Waals surface area contributed by atoms with E-state index in [1.165, 1.54) is 24.9 Å². The van der Waals surface area contributed by atoms with Gasteiger partial charge in [0.1, 0.15) is 0 Å². The van der Waals surface area contributed by atoms with Crippen LogP contribution in [0.3, 0.4) is 0 Å². The molecule has 1 aliphatic rings. The van der Waals surface area contributed by atoms with E-state index in [-0.39, 0.29) is 20.1 Å². The molecule has 4 aromatic rings. The molecule has 1 fully saturated rings. The van der Waals surface area contributed by atoms with Gasteiger partial charge in [-0.1, -0.05) is 62.7 Å². The minimum Gasteiger partial charge on any atom is -0.305 e. The first kappa shape index (κ1) is 26.2. The van der Waals surface area contributed by atoms with Crippen LogP contribution in [0.2, 0.25) is 18.6 Å². The molecule has 177 valence electrons. The maximum Gasteiger partial charge on any atom is 0.0859 e. The van der Waals surface area contributed by atoms with Crippen molar-refractivity contribution in [3.63, 3.8) is 0 Å². The first-order valence-electron chi connectivity index (χ1n) is 11.9. The van der Waals surface area contributed by atoms with Gasteiger partial charge in [-0.05, 0) is 35.0 Å². The standard InChI is InChI=1S/C19H24NSi.C11H8N.Ir/c1-15(2)12-17-13-18(16-8-5-4-6-9-16)20-14-19(17)21(3)10-7-11-21;1-2-6-10(7-3-1)11-8-4-5-9-12-11;/h4-6,8,13-15H,7,10-12H2,1-3H3;1-6,8-9H;/q2*-1;. The molecule has 2 aromatic heterocycles. The van der Waals surface area contributed by atoms with Crippen molar-refractivity contribution in [2.75, 3.05) is 0 Å². The van der Waals surface area contributed by atoms with E-state index in [9.17, 15) is 0 Å². The van der Waals surface area contributed by atoms with Gasteiger partial charge < -0.3 is 9.97 Å². The average molecular weight is 641 g/mol. The molecule has 0 aliphatic carbocycles. The first-order chi connectivity index (χ1) is 16.0. The summed E-state index contributed by atoms with van der Waals surface area (Å²) in [5.74, 6) is 0.691. The van der Waals surface area contributed by atoms with Gasteiger partial charge in [-0.25, -0.2) is 0 Å². The molecule has 4 heteroatoms. The van der Waals surface area contributed by atoms with Crippen molar-refractivity contribution in [2.24, 2.45) is 5.92 Å². The minimum absolute atomic E-state index is 0. The van der Waals surface area contributed by atoms with Crippen LogP contribution in [0.5, 0.6) is 0 Å². The Hall–Kier alpha value is -2.39. The molecule has 2 aromatic carbocycles. The Balaban J connectivity index is 0.000000212. The molecule has 2 nitrogen and oxygen atoms in total. The molecular formula is C30H32IrN2Si-2. The monoisotopic (exact) mass is 641 g/mol. The van der Waals surface area contributed by atoms with Crippen molar-refractivity contribution in [3.8, 4) is 22.5 Å². The van der Waals surface area contributed by atoms with Crippen LogP contribution in [-0.4, -0.2) is 18.0 Å². The third-order valence-electron chi connectivity index (χ3n) is 6.36. The van der Waals surface area contributed by atoms with Gasteiger partial charge in [-0.2, -0.15) is 0 Å². The number of hydrogen-bond acceptors (Lipinski definition) is 2. The normalized spacial score (nSPS) is 13.8. The van der Waals surface area contributed by atoms with Gasteiger partial charge in [0, 0.05) is 32.5 Å². The van der Waals surface area contributed by atoms with Gasteiger partial charge in [0.25, 0.3) is 0 Å². The summed E-state index contributed by atoms with van der Waals surface area (Å²) in [6.07, 6.45) is 6.56. The third-order valence-corrected chi connectivity index (χ3v) is 11.0. The molecule has 0 atom stereocenters. The molecule has 3 heterocycles. The molecule has 1 aliphatic heterocycles. The second-order valence-corrected chi connectivity index (χ2v) is 14.2. The fourth-order valence-corrected chi connectivity index (χ4v) is 7.68. The molecule has 0 spiro atoms. The molecule has 1 radical (unpaired) electrons. The van der Waals surface area contributed by atoms with Crippen molar-refractivity contribution in [3.05, 3.63) is 103 Å². The van der Waals surface area contributed by atoms with Gasteiger partial charge in [0.05, 0.1) is 8.07 Å². The Bertz CT molecular complexity index is 1110. The van der Waals surface area contributed by atoms with Crippen LogP contribution in [0.15, 0.2) is 85.2 Å². The maximum atomic E-state index is 4.77. The zero-order chi connectivity index (χ0) is 23.1. The maximum absolute atomic E-state index is 4.77. The topological polar surface area (TPSA) is 25.8 Å². The summed E-state index contributed by atoms with van der Waals surface area (Å²) in [5.41, 5.74) is 5.73. The smallest absolute Gasteiger partial charge is 0.0859 e. The molecule has 0 unspecified atom stereocenters. The van der Waals surface area contributed by atoms with Crippen LogP contribution >= 0.6 is 0 Å². The molecule has 0 saturated carbocycles. The second-order valence-electron chi connectivity index (χ2n) is 9.51. The number of nitrogens with zero attached hydrogens (tertiary/aromatic N) is 2. The summed E-state index contributed by atoms with van der Waals surface area (Å²) in [5, 5.41) is 1.61. The molecule has 1 saturated heterocycles. The summed E-state index contributed by atoms with van der Waals surface area (Å²) in [4.78, 5) is 8.99. The Morgan fingerprint density at radius 3 is 2.00 bits per heavy atom. The van der Waals surface area contributed by atoms with Gasteiger partial charge in [0.2, 0.25) is 0 Å². The predicted octanol–water partition coefficient (Wildman–Crippen LogP) is 6.98. The van der Waals surface area contributed by atoms with Gasteiger partial charge >= 0.3 is 0 Å². The Morgan fingerprint density at radius 1 is 0.853 bits per heavy atom. The van der Waals surface area contributed by atoms with Crippen LogP contribution in [0.4, 0.5) is 0 Å². The molecule has 0 amide bonds. The first-order valence-corrected chi connectivity index (χ1v) is 14.8. The molecular weight excluding hydrogens is 609 g/mol. The van der Waals surface area contributed by atoms with Crippen molar-refractivity contribution >= 4 is 13.3 Å². The quantitative estimate of drug-likeness (QED) is 0.174. The zero-order valence-corrected chi connectivity index (χ0v) is 23.6. The summed E-state index contributed by atoms with van der Waals surface area (Å²) >= 11 is 0. The van der Waals surface area contributed by atoms with E-state index in [0.717, 1.165) is 22.5 Å². The number of rotatable bonds is 5. The van der Waals surface area contributed by atoms with Crippen LogP contribution in [0, 0.1) is 18.1 Å². The molecule has 5 rings (SSSR count). The van der Waals surface area contributed by atoms with Crippen molar-refractivity contribution in [2.45, 2.75) is 45.3 Å². The van der Waals surface area contributed by atoms with Crippen LogP contribution in [0.1, 0.15) is 25.8 Å². The minimum atomic E-state index is -1.18.